The van der Waals surface area contributed by atoms with Gasteiger partial charge in [-0.3, -0.25) is 14.5 Å². The monoisotopic (exact) mass is 488 g/mol. The van der Waals surface area contributed by atoms with Crippen molar-refractivity contribution in [3.05, 3.63) is 69.0 Å². The molecule has 0 spiro atoms. The van der Waals surface area contributed by atoms with Crippen LogP contribution in [0.4, 0.5) is 5.69 Å². The molecule has 1 saturated heterocycles. The lowest BCUT2D eigenvalue weighted by Crippen LogP contribution is -2.32. The van der Waals surface area contributed by atoms with Crippen molar-refractivity contribution >= 4 is 67.3 Å². The second kappa shape index (κ2) is 8.39. The first-order valence-corrected chi connectivity index (χ1v) is 11.0. The number of methoxy groups -OCH3 is 1. The first-order chi connectivity index (χ1) is 14.0. The summed E-state index contributed by atoms with van der Waals surface area (Å²) in [5.41, 5.74) is 2.96. The van der Waals surface area contributed by atoms with Crippen LogP contribution in [0.5, 0.6) is 0 Å². The number of hydrogen-bond acceptors (Lipinski definition) is 5. The number of anilines is 1. The van der Waals surface area contributed by atoms with E-state index in [1.165, 1.54) is 16.7 Å². The Bertz CT molecular complexity index is 1040. The van der Waals surface area contributed by atoms with E-state index in [0.29, 0.717) is 34.5 Å². The molecule has 2 aliphatic heterocycles. The number of thiocarbonyl (C=S) groups is 1. The number of carbonyl (C=O) groups is 2. The number of thioether (sulfide) groups is 1. The van der Waals surface area contributed by atoms with E-state index in [1.54, 1.807) is 12.0 Å². The molecule has 148 valence electrons. The summed E-state index contributed by atoms with van der Waals surface area (Å²) < 4.78 is 6.37. The number of benzene rings is 2. The number of carbonyl (C=O) groups excluding carboxylic acids is 2. The van der Waals surface area contributed by atoms with Gasteiger partial charge >= 0.3 is 0 Å². The van der Waals surface area contributed by atoms with E-state index < -0.39 is 0 Å². The third kappa shape index (κ3) is 3.77. The zero-order valence-corrected chi connectivity index (χ0v) is 18.8. The molecule has 2 amide bonds. The summed E-state index contributed by atoms with van der Waals surface area (Å²) in [7, 11) is 1.58. The number of ether oxygens (including phenoxy) is 1. The second-order valence-electron chi connectivity index (χ2n) is 6.56. The summed E-state index contributed by atoms with van der Waals surface area (Å²) in [5.74, 6) is -0.429. The smallest absolute Gasteiger partial charge is 0.267 e. The van der Waals surface area contributed by atoms with E-state index in [0.717, 1.165) is 21.3 Å². The predicted octanol–water partition coefficient (Wildman–Crippen LogP) is 4.21. The average molecular weight is 489 g/mol. The first-order valence-electron chi connectivity index (χ1n) is 8.94. The third-order valence-corrected chi connectivity index (χ3v) is 6.70. The minimum Gasteiger partial charge on any atom is -0.383 e. The van der Waals surface area contributed by atoms with Gasteiger partial charge in [0.2, 0.25) is 0 Å². The standard InChI is InChI=1S/C21H17BrN2O3S2/c1-27-10-9-23-20(26)18(29-21(23)28)17-15-11-14(22)7-8-16(15)24(19(17)25)12-13-5-3-2-4-6-13/h2-8,11H,9-10,12H2,1H3/b18-17-. The van der Waals surface area contributed by atoms with E-state index in [9.17, 15) is 9.59 Å². The maximum Gasteiger partial charge on any atom is 0.267 e. The zero-order valence-electron chi connectivity index (χ0n) is 15.6. The molecule has 4 rings (SSSR count). The number of nitrogens with zero attached hydrogens (tertiary/aromatic N) is 2. The first kappa shape index (κ1) is 20.3. The molecule has 1 fully saturated rings. The largest absolute Gasteiger partial charge is 0.383 e. The highest BCUT2D eigenvalue weighted by molar-refractivity contribution is 9.10. The fraction of sp³-hybridized carbons (Fsp3) is 0.190. The van der Waals surface area contributed by atoms with Gasteiger partial charge in [-0.15, -0.1) is 0 Å². The molecule has 0 unspecified atom stereocenters. The molecule has 0 atom stereocenters. The molecular weight excluding hydrogens is 472 g/mol. The number of hydrogen-bond donors (Lipinski definition) is 0. The van der Waals surface area contributed by atoms with Gasteiger partial charge in [-0.1, -0.05) is 70.2 Å². The number of amides is 2. The van der Waals surface area contributed by atoms with Crippen LogP contribution in [-0.2, 0) is 20.9 Å². The Hall–Kier alpha value is -2.00. The molecule has 0 aliphatic carbocycles. The van der Waals surface area contributed by atoms with Crippen LogP contribution < -0.4 is 4.90 Å². The summed E-state index contributed by atoms with van der Waals surface area (Å²) >= 11 is 10.0. The predicted molar refractivity (Wildman–Crippen MR) is 122 cm³/mol. The number of rotatable bonds is 5. The molecule has 29 heavy (non-hydrogen) atoms. The fourth-order valence-corrected chi connectivity index (χ4v) is 5.11. The van der Waals surface area contributed by atoms with Crippen molar-refractivity contribution in [1.29, 1.82) is 0 Å². The Balaban J connectivity index is 1.78. The minimum atomic E-state index is -0.243. The van der Waals surface area contributed by atoms with Gasteiger partial charge in [0.25, 0.3) is 11.8 Å². The van der Waals surface area contributed by atoms with Crippen molar-refractivity contribution in [2.75, 3.05) is 25.2 Å². The van der Waals surface area contributed by atoms with Crippen molar-refractivity contribution in [3.63, 3.8) is 0 Å². The molecule has 8 heteroatoms. The van der Waals surface area contributed by atoms with Gasteiger partial charge in [-0.2, -0.15) is 0 Å². The molecule has 5 nitrogen and oxygen atoms in total. The highest BCUT2D eigenvalue weighted by Crippen LogP contribution is 2.45. The number of halogens is 1. The average Bonchev–Trinajstić information content (AvgIpc) is 3.13. The lowest BCUT2D eigenvalue weighted by Gasteiger charge is -2.17. The van der Waals surface area contributed by atoms with Gasteiger partial charge in [0.15, 0.2) is 0 Å². The van der Waals surface area contributed by atoms with E-state index in [1.807, 2.05) is 48.5 Å². The van der Waals surface area contributed by atoms with Crippen LogP contribution in [0, 0.1) is 0 Å². The minimum absolute atomic E-state index is 0.186. The molecule has 0 bridgehead atoms. The van der Waals surface area contributed by atoms with E-state index in [4.69, 9.17) is 17.0 Å². The van der Waals surface area contributed by atoms with Crippen molar-refractivity contribution in [2.45, 2.75) is 6.54 Å². The molecular formula is C21H17BrN2O3S2. The highest BCUT2D eigenvalue weighted by atomic mass is 79.9. The lowest BCUT2D eigenvalue weighted by molar-refractivity contribution is -0.123. The van der Waals surface area contributed by atoms with Crippen molar-refractivity contribution < 1.29 is 14.3 Å². The Morgan fingerprint density at radius 1 is 1.07 bits per heavy atom. The van der Waals surface area contributed by atoms with Gasteiger partial charge in [-0.05, 0) is 23.8 Å². The van der Waals surface area contributed by atoms with Crippen LogP contribution in [0.25, 0.3) is 5.57 Å². The van der Waals surface area contributed by atoms with Crippen LogP contribution in [0.3, 0.4) is 0 Å². The van der Waals surface area contributed by atoms with Crippen LogP contribution >= 0.6 is 39.9 Å². The molecule has 2 aliphatic rings. The molecule has 0 N–H and O–H groups in total. The maximum atomic E-state index is 13.4. The van der Waals surface area contributed by atoms with Crippen LogP contribution in [0.2, 0.25) is 0 Å². The van der Waals surface area contributed by atoms with Crippen LogP contribution in [-0.4, -0.2) is 41.3 Å². The Kier molecular flexibility index (Phi) is 5.87. The van der Waals surface area contributed by atoms with E-state index in [2.05, 4.69) is 15.9 Å². The molecule has 0 saturated carbocycles. The number of fused-ring (bicyclic) bond motifs is 1. The maximum absolute atomic E-state index is 13.4. The van der Waals surface area contributed by atoms with Crippen molar-refractivity contribution in [3.8, 4) is 0 Å². The normalized spacial score (nSPS) is 18.8. The highest BCUT2D eigenvalue weighted by Gasteiger charge is 2.42. The molecule has 2 aromatic rings. The lowest BCUT2D eigenvalue weighted by atomic mass is 10.1. The second-order valence-corrected chi connectivity index (χ2v) is 9.12. The summed E-state index contributed by atoms with van der Waals surface area (Å²) in [6.07, 6.45) is 0. The molecule has 0 aromatic heterocycles. The van der Waals surface area contributed by atoms with Gasteiger partial charge in [-0.25, -0.2) is 0 Å². The third-order valence-electron chi connectivity index (χ3n) is 4.76. The fourth-order valence-electron chi connectivity index (χ4n) is 3.37. The molecule has 2 aromatic carbocycles. The SMILES string of the molecule is COCCN1C(=O)/C(=C2/C(=O)N(Cc3ccccc3)c3ccc(Br)cc32)SC1=S. The Morgan fingerprint density at radius 3 is 2.55 bits per heavy atom. The van der Waals surface area contributed by atoms with Gasteiger partial charge in [0, 0.05) is 17.1 Å². The quantitative estimate of drug-likeness (QED) is 0.465. The summed E-state index contributed by atoms with van der Waals surface area (Å²) in [5, 5.41) is 0. The summed E-state index contributed by atoms with van der Waals surface area (Å²) in [6, 6.07) is 15.5. The van der Waals surface area contributed by atoms with Crippen LogP contribution in [0.15, 0.2) is 57.9 Å². The Morgan fingerprint density at radius 2 is 1.83 bits per heavy atom. The van der Waals surface area contributed by atoms with Gasteiger partial charge < -0.3 is 9.64 Å². The molecule has 2 heterocycles. The van der Waals surface area contributed by atoms with Crippen LogP contribution in [0.1, 0.15) is 11.1 Å². The van der Waals surface area contributed by atoms with Gasteiger partial charge in [0.05, 0.1) is 35.9 Å². The topological polar surface area (TPSA) is 49.9 Å². The van der Waals surface area contributed by atoms with Gasteiger partial charge in [0.1, 0.15) is 4.32 Å². The zero-order chi connectivity index (χ0) is 20.5. The summed E-state index contributed by atoms with van der Waals surface area (Å²) in [4.78, 5) is 30.1. The van der Waals surface area contributed by atoms with E-state index in [-0.39, 0.29) is 11.8 Å². The van der Waals surface area contributed by atoms with Crippen molar-refractivity contribution in [2.24, 2.45) is 0 Å². The van der Waals surface area contributed by atoms with E-state index >= 15 is 0 Å². The molecule has 0 radical (unpaired) electrons. The Labute approximate surface area is 186 Å². The van der Waals surface area contributed by atoms with Crippen molar-refractivity contribution in [1.82, 2.24) is 4.90 Å². The summed E-state index contributed by atoms with van der Waals surface area (Å²) in [6.45, 7) is 1.18.